The lowest BCUT2D eigenvalue weighted by atomic mass is 10.2. The summed E-state index contributed by atoms with van der Waals surface area (Å²) >= 11 is 0. The molecule has 0 spiro atoms. The fourth-order valence-corrected chi connectivity index (χ4v) is 5.29. The number of para-hydroxylation sites is 1. The van der Waals surface area contributed by atoms with Crippen molar-refractivity contribution in [3.8, 4) is 11.5 Å². The van der Waals surface area contributed by atoms with Crippen LogP contribution in [0.5, 0.6) is 11.5 Å². The summed E-state index contributed by atoms with van der Waals surface area (Å²) in [6.45, 7) is 1.78. The van der Waals surface area contributed by atoms with E-state index in [1.54, 1.807) is 18.2 Å². The van der Waals surface area contributed by atoms with Crippen LogP contribution in [0, 0.1) is 5.82 Å². The number of aryl methyl sites for hydroxylation is 1. The Morgan fingerprint density at radius 1 is 1.17 bits per heavy atom. The molecule has 30 heavy (non-hydrogen) atoms. The number of rotatable bonds is 7. The number of esters is 1. The van der Waals surface area contributed by atoms with Crippen molar-refractivity contribution in [1.82, 2.24) is 4.31 Å². The zero-order chi connectivity index (χ0) is 21.9. The van der Waals surface area contributed by atoms with Crippen molar-refractivity contribution in [2.24, 2.45) is 0 Å². The van der Waals surface area contributed by atoms with Crippen LogP contribution in [0.3, 0.4) is 0 Å². The lowest BCUT2D eigenvalue weighted by Crippen LogP contribution is -2.41. The molecule has 0 saturated carbocycles. The monoisotopic (exact) mass is 437 g/mol. The minimum absolute atomic E-state index is 0.00377. The Kier molecular flexibility index (Phi) is 6.62. The lowest BCUT2D eigenvalue weighted by Gasteiger charge is -2.23. The highest BCUT2D eigenvalue weighted by Crippen LogP contribution is 2.34. The normalized spacial score (nSPS) is 19.5. The largest absolute Gasteiger partial charge is 0.495 e. The Bertz CT molecular complexity index is 1030. The van der Waals surface area contributed by atoms with E-state index in [1.165, 1.54) is 38.5 Å². The van der Waals surface area contributed by atoms with Crippen LogP contribution < -0.4 is 9.47 Å². The van der Waals surface area contributed by atoms with Gasteiger partial charge in [0.1, 0.15) is 22.8 Å². The first kappa shape index (κ1) is 22.0. The molecule has 1 saturated heterocycles. The van der Waals surface area contributed by atoms with E-state index < -0.39 is 34.0 Å². The third-order valence-electron chi connectivity index (χ3n) is 5.04. The van der Waals surface area contributed by atoms with Gasteiger partial charge in [0.15, 0.2) is 11.6 Å². The van der Waals surface area contributed by atoms with Crippen LogP contribution in [-0.4, -0.2) is 51.6 Å². The molecular formula is C21H24FNO6S. The number of hydrogen-bond donors (Lipinski definition) is 0. The van der Waals surface area contributed by atoms with Crippen molar-refractivity contribution in [1.29, 1.82) is 0 Å². The van der Waals surface area contributed by atoms with Crippen LogP contribution in [0.4, 0.5) is 4.39 Å². The van der Waals surface area contributed by atoms with Gasteiger partial charge in [-0.2, -0.15) is 4.31 Å². The molecule has 9 heteroatoms. The summed E-state index contributed by atoms with van der Waals surface area (Å²) in [6, 6.07) is 9.65. The van der Waals surface area contributed by atoms with E-state index in [1.807, 2.05) is 6.92 Å². The molecule has 2 atom stereocenters. The molecular weight excluding hydrogens is 413 g/mol. The maximum atomic E-state index is 14.0. The van der Waals surface area contributed by atoms with Crippen molar-refractivity contribution in [3.63, 3.8) is 0 Å². The number of carbonyl (C=O) groups is 1. The molecule has 2 aromatic carbocycles. The molecule has 1 aliphatic heterocycles. The first-order valence-electron chi connectivity index (χ1n) is 9.49. The van der Waals surface area contributed by atoms with Gasteiger partial charge in [0.25, 0.3) is 0 Å². The fourth-order valence-electron chi connectivity index (χ4n) is 3.46. The van der Waals surface area contributed by atoms with Crippen LogP contribution in [0.25, 0.3) is 0 Å². The quantitative estimate of drug-likeness (QED) is 0.620. The number of methoxy groups -OCH3 is 2. The summed E-state index contributed by atoms with van der Waals surface area (Å²) in [5.41, 5.74) is 0.808. The number of halogens is 1. The first-order chi connectivity index (χ1) is 14.3. The highest BCUT2D eigenvalue weighted by atomic mass is 32.2. The van der Waals surface area contributed by atoms with E-state index >= 15 is 0 Å². The first-order valence-corrected chi connectivity index (χ1v) is 10.9. The van der Waals surface area contributed by atoms with Gasteiger partial charge in [0, 0.05) is 6.42 Å². The van der Waals surface area contributed by atoms with E-state index in [-0.39, 0.29) is 29.4 Å². The van der Waals surface area contributed by atoms with Gasteiger partial charge in [-0.25, -0.2) is 12.8 Å². The standard InChI is InChI=1S/C21H24FNO6S/c1-4-14-9-10-19(27-2)20(11-14)30(25,26)23-13-15(12-17(23)21(24)28-3)29-18-8-6-5-7-16(18)22/h5-11,15,17H,4,12-13H2,1-3H3. The van der Waals surface area contributed by atoms with Gasteiger partial charge in [-0.1, -0.05) is 25.1 Å². The summed E-state index contributed by atoms with van der Waals surface area (Å²) in [5, 5.41) is 0. The van der Waals surface area contributed by atoms with E-state index in [2.05, 4.69) is 0 Å². The maximum absolute atomic E-state index is 14.0. The van der Waals surface area contributed by atoms with Crippen molar-refractivity contribution < 1.29 is 31.8 Å². The molecule has 0 amide bonds. The van der Waals surface area contributed by atoms with Crippen LogP contribution in [0.1, 0.15) is 18.9 Å². The molecule has 7 nitrogen and oxygen atoms in total. The predicted octanol–water partition coefficient (Wildman–Crippen LogP) is 2.78. The highest BCUT2D eigenvalue weighted by Gasteiger charge is 2.46. The predicted molar refractivity (Wildman–Crippen MR) is 108 cm³/mol. The average Bonchev–Trinajstić information content (AvgIpc) is 3.19. The molecule has 3 rings (SSSR count). The topological polar surface area (TPSA) is 82.1 Å². The second-order valence-corrected chi connectivity index (χ2v) is 8.72. The van der Waals surface area contributed by atoms with Crippen LogP contribution in [-0.2, 0) is 26.0 Å². The Labute approximate surface area is 175 Å². The Balaban J connectivity index is 1.97. The van der Waals surface area contributed by atoms with Gasteiger partial charge < -0.3 is 14.2 Å². The SMILES string of the molecule is CCc1ccc(OC)c(S(=O)(=O)N2CC(Oc3ccccc3F)CC2C(=O)OC)c1. The molecule has 2 unspecified atom stereocenters. The second-order valence-electron chi connectivity index (χ2n) is 6.86. The fraction of sp³-hybridized carbons (Fsp3) is 0.381. The van der Waals surface area contributed by atoms with Crippen molar-refractivity contribution in [3.05, 3.63) is 53.8 Å². The third-order valence-corrected chi connectivity index (χ3v) is 6.94. The summed E-state index contributed by atoms with van der Waals surface area (Å²) in [6.07, 6.45) is -0.0525. The number of nitrogens with zero attached hydrogens (tertiary/aromatic N) is 1. The van der Waals surface area contributed by atoms with E-state index in [0.29, 0.717) is 6.42 Å². The molecule has 0 bridgehead atoms. The van der Waals surface area contributed by atoms with Gasteiger partial charge in [0.2, 0.25) is 10.0 Å². The Hall–Kier alpha value is -2.65. The molecule has 0 N–H and O–H groups in total. The second kappa shape index (κ2) is 9.01. The zero-order valence-electron chi connectivity index (χ0n) is 17.0. The minimum atomic E-state index is -4.12. The van der Waals surface area contributed by atoms with Crippen LogP contribution in [0.2, 0.25) is 0 Å². The lowest BCUT2D eigenvalue weighted by molar-refractivity contribution is -0.144. The number of hydrogen-bond acceptors (Lipinski definition) is 6. The van der Waals surface area contributed by atoms with Crippen LogP contribution in [0.15, 0.2) is 47.4 Å². The van der Waals surface area contributed by atoms with E-state index in [0.717, 1.165) is 9.87 Å². The average molecular weight is 437 g/mol. The molecule has 1 heterocycles. The third kappa shape index (κ3) is 4.27. The minimum Gasteiger partial charge on any atom is -0.495 e. The molecule has 0 aromatic heterocycles. The number of ether oxygens (including phenoxy) is 3. The summed E-state index contributed by atoms with van der Waals surface area (Å²) in [5.74, 6) is -1.10. The Morgan fingerprint density at radius 2 is 1.90 bits per heavy atom. The van der Waals surface area contributed by atoms with Crippen molar-refractivity contribution in [2.75, 3.05) is 20.8 Å². The number of sulfonamides is 1. The van der Waals surface area contributed by atoms with Crippen molar-refractivity contribution >= 4 is 16.0 Å². The van der Waals surface area contributed by atoms with Gasteiger partial charge in [0.05, 0.1) is 20.8 Å². The molecule has 162 valence electrons. The van der Waals surface area contributed by atoms with Gasteiger partial charge >= 0.3 is 5.97 Å². The molecule has 0 radical (unpaired) electrons. The smallest absolute Gasteiger partial charge is 0.324 e. The van der Waals surface area contributed by atoms with Gasteiger partial charge in [-0.05, 0) is 36.2 Å². The number of carbonyl (C=O) groups excluding carboxylic acids is 1. The van der Waals surface area contributed by atoms with E-state index in [4.69, 9.17) is 14.2 Å². The maximum Gasteiger partial charge on any atom is 0.324 e. The molecule has 0 aliphatic carbocycles. The highest BCUT2D eigenvalue weighted by molar-refractivity contribution is 7.89. The van der Waals surface area contributed by atoms with E-state index in [9.17, 15) is 17.6 Å². The summed E-state index contributed by atoms with van der Waals surface area (Å²) in [4.78, 5) is 12.3. The summed E-state index contributed by atoms with van der Waals surface area (Å²) in [7, 11) is -1.55. The molecule has 1 fully saturated rings. The zero-order valence-corrected chi connectivity index (χ0v) is 17.8. The molecule has 1 aliphatic rings. The Morgan fingerprint density at radius 3 is 2.53 bits per heavy atom. The van der Waals surface area contributed by atoms with Crippen molar-refractivity contribution in [2.45, 2.75) is 36.8 Å². The van der Waals surface area contributed by atoms with Gasteiger partial charge in [-0.3, -0.25) is 4.79 Å². The molecule has 2 aromatic rings. The van der Waals surface area contributed by atoms with Gasteiger partial charge in [-0.15, -0.1) is 0 Å². The van der Waals surface area contributed by atoms with Crippen LogP contribution >= 0.6 is 0 Å². The summed E-state index contributed by atoms with van der Waals surface area (Å²) < 4.78 is 57.7. The number of benzene rings is 2.